The molecule has 1 aromatic carbocycles. The molecular weight excluding hydrogens is 908 g/mol. The molecule has 2 atom stereocenters. The van der Waals surface area contributed by atoms with Crippen LogP contribution in [-0.4, -0.2) is 79.4 Å². The molecule has 0 aliphatic rings. The molecule has 0 saturated carbocycles. The molecule has 1 aromatic rings. The largest absolute Gasteiger partial charge is 0.462 e. The number of anilines is 1. The van der Waals surface area contributed by atoms with Gasteiger partial charge in [0.2, 0.25) is 5.91 Å². The number of esters is 4. The highest BCUT2D eigenvalue weighted by Crippen LogP contribution is 2.39. The fraction of sp³-hybridized carbons (Fsp3) is 0.458. The maximum Gasteiger partial charge on any atom is 0.303 e. The maximum absolute atomic E-state index is 13.4. The van der Waals surface area contributed by atoms with Gasteiger partial charge in [-0.05, 0) is 79.4 Å². The van der Waals surface area contributed by atoms with E-state index in [0.29, 0.717) is 0 Å². The molecule has 0 heterocycles. The minimum absolute atomic E-state index is 0.0186. The maximum atomic E-state index is 13.4. The molecule has 0 spiro atoms. The van der Waals surface area contributed by atoms with Gasteiger partial charge in [-0.25, -0.2) is 0 Å². The Bertz CT molecular complexity index is 1240. The van der Waals surface area contributed by atoms with Gasteiger partial charge in [0.05, 0.1) is 37.0 Å². The van der Waals surface area contributed by atoms with Crippen LogP contribution in [0.2, 0.25) is 0 Å². The number of rotatable bonds is 13. The van der Waals surface area contributed by atoms with Gasteiger partial charge in [-0.1, -0.05) is 0 Å². The first-order chi connectivity index (χ1) is 19.0. The molecule has 0 aliphatic carbocycles. The van der Waals surface area contributed by atoms with Gasteiger partial charge in [0.25, 0.3) is 11.1 Å². The van der Waals surface area contributed by atoms with Crippen LogP contribution in [0.15, 0.2) is 0 Å². The lowest BCUT2D eigenvalue weighted by Gasteiger charge is -2.30. The van der Waals surface area contributed by atoms with Gasteiger partial charge >= 0.3 is 23.9 Å². The lowest BCUT2D eigenvalue weighted by Crippen LogP contribution is -2.42. The fourth-order valence-electron chi connectivity index (χ4n) is 3.28. The number of halogens is 4. The standard InChI is InChI=1S/C24H26ClI3N2O11/c1-10(31)30(7-16(41-14(5)35)9-39-12(3)33)22-20(27)17(23(25)36)19(26)18(21(22)28)24(37)29-6-15(40-13(4)34)8-38-11(2)32/h15-16H,6-9H2,1-5H3,(H,29,37). The minimum atomic E-state index is -1.08. The number of carbonyl (C=O) groups is 7. The second-order valence-corrected chi connectivity index (χ2v) is 11.8. The zero-order valence-electron chi connectivity index (χ0n) is 22.4. The van der Waals surface area contributed by atoms with E-state index in [0.717, 1.165) is 13.8 Å². The van der Waals surface area contributed by atoms with Crippen LogP contribution in [0, 0.1) is 10.7 Å². The minimum Gasteiger partial charge on any atom is -0.462 e. The Morgan fingerprint density at radius 2 is 1.20 bits per heavy atom. The lowest BCUT2D eigenvalue weighted by molar-refractivity contribution is -0.155. The van der Waals surface area contributed by atoms with Crippen LogP contribution in [0.4, 0.5) is 5.69 Å². The molecule has 0 aliphatic heterocycles. The fourth-order valence-corrected chi connectivity index (χ4v) is 8.52. The van der Waals surface area contributed by atoms with Gasteiger partial charge in [-0.15, -0.1) is 0 Å². The van der Waals surface area contributed by atoms with Crippen LogP contribution in [0.3, 0.4) is 0 Å². The van der Waals surface area contributed by atoms with E-state index in [-0.39, 0.29) is 53.8 Å². The number of hydrogen-bond donors (Lipinski definition) is 1. The molecule has 226 valence electrons. The van der Waals surface area contributed by atoms with Crippen LogP contribution < -0.4 is 10.2 Å². The average Bonchev–Trinajstić information content (AvgIpc) is 2.82. The molecule has 2 amide bonds. The number of carbonyl (C=O) groups excluding carboxylic acids is 7. The number of nitrogens with one attached hydrogen (secondary N) is 1. The molecule has 0 aromatic heterocycles. The summed E-state index contributed by atoms with van der Waals surface area (Å²) in [6, 6.07) is 0. The summed E-state index contributed by atoms with van der Waals surface area (Å²) in [5.74, 6) is -3.86. The number of ether oxygens (including phenoxy) is 4. The van der Waals surface area contributed by atoms with E-state index in [1.807, 2.05) is 45.2 Å². The molecule has 13 nitrogen and oxygen atoms in total. The Kier molecular flexibility index (Phi) is 15.7. The van der Waals surface area contributed by atoms with Crippen LogP contribution >= 0.6 is 79.4 Å². The first kappa shape index (κ1) is 37.2. The van der Waals surface area contributed by atoms with Crippen molar-refractivity contribution in [3.8, 4) is 0 Å². The van der Waals surface area contributed by atoms with E-state index < -0.39 is 53.1 Å². The third-order valence-electron chi connectivity index (χ3n) is 4.85. The van der Waals surface area contributed by atoms with Gasteiger partial charge in [0.1, 0.15) is 13.2 Å². The molecule has 1 N–H and O–H groups in total. The van der Waals surface area contributed by atoms with E-state index in [2.05, 4.69) is 5.32 Å². The first-order valence-corrected chi connectivity index (χ1v) is 15.2. The third-order valence-corrected chi connectivity index (χ3v) is 8.22. The average molecular weight is 935 g/mol. The Balaban J connectivity index is 3.62. The van der Waals surface area contributed by atoms with Crippen molar-refractivity contribution in [2.45, 2.75) is 46.8 Å². The van der Waals surface area contributed by atoms with Crippen molar-refractivity contribution in [2.24, 2.45) is 0 Å². The normalized spacial score (nSPS) is 11.9. The van der Waals surface area contributed by atoms with E-state index >= 15 is 0 Å². The smallest absolute Gasteiger partial charge is 0.303 e. The van der Waals surface area contributed by atoms with Crippen molar-refractivity contribution in [3.63, 3.8) is 0 Å². The second-order valence-electron chi connectivity index (χ2n) is 8.22. The van der Waals surface area contributed by atoms with Crippen LogP contribution in [-0.2, 0) is 42.9 Å². The number of nitrogens with zero attached hydrogens (tertiary/aromatic N) is 1. The zero-order valence-corrected chi connectivity index (χ0v) is 29.7. The Morgan fingerprint density at radius 1 is 0.732 bits per heavy atom. The predicted octanol–water partition coefficient (Wildman–Crippen LogP) is 2.95. The van der Waals surface area contributed by atoms with E-state index in [4.69, 9.17) is 30.5 Å². The van der Waals surface area contributed by atoms with Crippen molar-refractivity contribution in [1.82, 2.24) is 5.32 Å². The number of hydrogen-bond acceptors (Lipinski definition) is 11. The topological polar surface area (TPSA) is 172 Å². The van der Waals surface area contributed by atoms with Crippen LogP contribution in [0.1, 0.15) is 55.3 Å². The highest BCUT2D eigenvalue weighted by Gasteiger charge is 2.33. The zero-order chi connectivity index (χ0) is 31.6. The van der Waals surface area contributed by atoms with Crippen molar-refractivity contribution in [2.75, 3.05) is 31.2 Å². The van der Waals surface area contributed by atoms with Gasteiger partial charge < -0.3 is 29.2 Å². The molecule has 17 heteroatoms. The highest BCUT2D eigenvalue weighted by atomic mass is 127. The monoisotopic (exact) mass is 934 g/mol. The number of benzene rings is 1. The van der Waals surface area contributed by atoms with Gasteiger partial charge in [0, 0.05) is 38.2 Å². The molecule has 0 bridgehead atoms. The van der Waals surface area contributed by atoms with Gasteiger partial charge in [-0.3, -0.25) is 33.6 Å². The molecule has 0 fully saturated rings. The van der Waals surface area contributed by atoms with Gasteiger partial charge in [0.15, 0.2) is 12.2 Å². The summed E-state index contributed by atoms with van der Waals surface area (Å²) in [4.78, 5) is 85.7. The van der Waals surface area contributed by atoms with E-state index in [1.165, 1.54) is 25.7 Å². The quantitative estimate of drug-likeness (QED) is 0.134. The molecule has 2 unspecified atom stereocenters. The summed E-state index contributed by atoms with van der Waals surface area (Å²) in [5, 5.41) is 1.68. The first-order valence-electron chi connectivity index (χ1n) is 11.6. The predicted molar refractivity (Wildman–Crippen MR) is 170 cm³/mol. The van der Waals surface area contributed by atoms with Crippen LogP contribution in [0.5, 0.6) is 0 Å². The second kappa shape index (κ2) is 17.3. The van der Waals surface area contributed by atoms with Crippen molar-refractivity contribution in [1.29, 1.82) is 0 Å². The van der Waals surface area contributed by atoms with Crippen LogP contribution in [0.25, 0.3) is 0 Å². The summed E-state index contributed by atoms with van der Waals surface area (Å²) < 4.78 is 20.9. The highest BCUT2D eigenvalue weighted by molar-refractivity contribution is 14.1. The molecule has 0 saturated heterocycles. The summed E-state index contributed by atoms with van der Waals surface area (Å²) >= 11 is 11.3. The Hall–Kier alpha value is -1.81. The molecular formula is C24H26ClI3N2O11. The van der Waals surface area contributed by atoms with E-state index in [1.54, 1.807) is 22.6 Å². The summed E-state index contributed by atoms with van der Waals surface area (Å²) in [5.41, 5.74) is 0.0554. The summed E-state index contributed by atoms with van der Waals surface area (Å²) in [7, 11) is 0. The summed E-state index contributed by atoms with van der Waals surface area (Å²) in [6.45, 7) is 4.65. The van der Waals surface area contributed by atoms with Crippen molar-refractivity contribution in [3.05, 3.63) is 21.8 Å². The third kappa shape index (κ3) is 11.8. The van der Waals surface area contributed by atoms with E-state index in [9.17, 15) is 33.6 Å². The van der Waals surface area contributed by atoms with Crippen molar-refractivity contribution < 1.29 is 52.5 Å². The Labute approximate surface area is 281 Å². The lowest BCUT2D eigenvalue weighted by atomic mass is 10.1. The summed E-state index contributed by atoms with van der Waals surface area (Å²) in [6.07, 6.45) is -2.09. The molecule has 0 radical (unpaired) electrons. The molecule has 41 heavy (non-hydrogen) atoms. The van der Waals surface area contributed by atoms with Crippen molar-refractivity contribution >= 4 is 126 Å². The Morgan fingerprint density at radius 3 is 1.63 bits per heavy atom. The SMILES string of the molecule is CC(=O)OCC(CNC(=O)c1c(I)c(C(=O)Cl)c(I)c(N(CC(COC(C)=O)OC(C)=O)C(C)=O)c1I)OC(C)=O. The molecule has 1 rings (SSSR count). The number of amides is 2. The van der Waals surface area contributed by atoms with Gasteiger partial charge in [-0.2, -0.15) is 0 Å².